The van der Waals surface area contributed by atoms with Gasteiger partial charge in [-0.2, -0.15) is 0 Å². The van der Waals surface area contributed by atoms with E-state index in [1.165, 1.54) is 6.07 Å². The number of thiophene rings is 1. The van der Waals surface area contributed by atoms with E-state index in [0.29, 0.717) is 37.3 Å². The molecule has 22 heavy (non-hydrogen) atoms. The molecule has 1 aromatic carbocycles. The highest BCUT2D eigenvalue weighted by Gasteiger charge is 2.42. The molecule has 1 aliphatic heterocycles. The number of carbonyl (C=O) groups is 1. The van der Waals surface area contributed by atoms with E-state index >= 15 is 0 Å². The number of halogens is 1. The van der Waals surface area contributed by atoms with Gasteiger partial charge in [0.15, 0.2) is 0 Å². The molecule has 116 valence electrons. The Balaban J connectivity index is 1.88. The Morgan fingerprint density at radius 2 is 2.09 bits per heavy atom. The van der Waals surface area contributed by atoms with Crippen LogP contribution in [0.25, 0.3) is 0 Å². The largest absolute Gasteiger partial charge is 0.381 e. The molecule has 2 aromatic rings. The van der Waals surface area contributed by atoms with Gasteiger partial charge >= 0.3 is 0 Å². The van der Waals surface area contributed by atoms with Crippen LogP contribution in [0.2, 0.25) is 0 Å². The summed E-state index contributed by atoms with van der Waals surface area (Å²) in [6.45, 7) is 2.83. The lowest BCUT2D eigenvalue weighted by Crippen LogP contribution is -2.44. The third-order valence-corrected chi connectivity index (χ3v) is 5.28. The maximum atomic E-state index is 13.7. The summed E-state index contributed by atoms with van der Waals surface area (Å²) in [6, 6.07) is 8.72. The molecule has 3 nitrogen and oxygen atoms in total. The van der Waals surface area contributed by atoms with Crippen LogP contribution in [0.5, 0.6) is 0 Å². The van der Waals surface area contributed by atoms with Crippen LogP contribution in [0.4, 0.5) is 10.1 Å². The molecule has 1 aliphatic rings. The Bertz CT molecular complexity index is 663. The van der Waals surface area contributed by atoms with Crippen LogP contribution in [0.3, 0.4) is 0 Å². The Labute approximate surface area is 133 Å². The first-order valence-electron chi connectivity index (χ1n) is 7.31. The molecule has 0 radical (unpaired) electrons. The minimum Gasteiger partial charge on any atom is -0.381 e. The highest BCUT2D eigenvalue weighted by molar-refractivity contribution is 7.10. The summed E-state index contributed by atoms with van der Waals surface area (Å²) in [4.78, 5) is 13.9. The van der Waals surface area contributed by atoms with Crippen molar-refractivity contribution in [2.75, 3.05) is 18.5 Å². The number of aryl methyl sites for hydroxylation is 1. The standard InChI is InChI=1S/C17H18FNO2S/c1-12-4-5-13(11-14(12)18)19-16(20)17(6-8-21-9-7-17)15-3-2-10-22-15/h2-5,10-11H,6-9H2,1H3,(H,19,20). The monoisotopic (exact) mass is 319 g/mol. The zero-order valence-electron chi connectivity index (χ0n) is 12.4. The predicted molar refractivity (Wildman–Crippen MR) is 85.8 cm³/mol. The predicted octanol–water partition coefficient (Wildman–Crippen LogP) is 3.88. The molecule has 0 unspecified atom stereocenters. The fraction of sp³-hybridized carbons (Fsp3) is 0.353. The molecule has 3 rings (SSSR count). The highest BCUT2D eigenvalue weighted by Crippen LogP contribution is 2.38. The fourth-order valence-corrected chi connectivity index (χ4v) is 3.76. The van der Waals surface area contributed by atoms with Crippen LogP contribution in [-0.4, -0.2) is 19.1 Å². The van der Waals surface area contributed by atoms with E-state index in [9.17, 15) is 9.18 Å². The maximum Gasteiger partial charge on any atom is 0.236 e. The summed E-state index contributed by atoms with van der Waals surface area (Å²) in [5, 5.41) is 4.86. The first-order valence-corrected chi connectivity index (χ1v) is 8.19. The van der Waals surface area contributed by atoms with Gasteiger partial charge in [-0.25, -0.2) is 4.39 Å². The number of hydrogen-bond acceptors (Lipinski definition) is 3. The Hall–Kier alpha value is -1.72. The quantitative estimate of drug-likeness (QED) is 0.932. The molecule has 0 bridgehead atoms. The lowest BCUT2D eigenvalue weighted by Gasteiger charge is -2.35. The Kier molecular flexibility index (Phi) is 4.27. The van der Waals surface area contributed by atoms with Crippen LogP contribution in [0.1, 0.15) is 23.3 Å². The molecule has 1 amide bonds. The molecule has 1 aromatic heterocycles. The molecule has 0 spiro atoms. The normalized spacial score (nSPS) is 17.2. The number of ether oxygens (including phenoxy) is 1. The second-order valence-corrected chi connectivity index (χ2v) is 6.54. The summed E-state index contributed by atoms with van der Waals surface area (Å²) in [6.07, 6.45) is 1.29. The topological polar surface area (TPSA) is 38.3 Å². The van der Waals surface area contributed by atoms with Gasteiger partial charge in [0.1, 0.15) is 5.82 Å². The van der Waals surface area contributed by atoms with Gasteiger partial charge < -0.3 is 10.1 Å². The minimum atomic E-state index is -0.576. The highest BCUT2D eigenvalue weighted by atomic mass is 32.1. The zero-order chi connectivity index (χ0) is 15.6. The molecule has 1 N–H and O–H groups in total. The van der Waals surface area contributed by atoms with Crippen molar-refractivity contribution in [2.45, 2.75) is 25.2 Å². The van der Waals surface area contributed by atoms with Gasteiger partial charge in [0.05, 0.1) is 5.41 Å². The summed E-state index contributed by atoms with van der Waals surface area (Å²) < 4.78 is 19.1. The van der Waals surface area contributed by atoms with Crippen LogP contribution >= 0.6 is 11.3 Å². The van der Waals surface area contributed by atoms with Crippen molar-refractivity contribution in [2.24, 2.45) is 0 Å². The SMILES string of the molecule is Cc1ccc(NC(=O)C2(c3cccs3)CCOCC2)cc1F. The van der Waals surface area contributed by atoms with Crippen LogP contribution < -0.4 is 5.32 Å². The Morgan fingerprint density at radius 3 is 2.73 bits per heavy atom. The fourth-order valence-electron chi connectivity index (χ4n) is 2.78. The molecule has 0 saturated carbocycles. The average Bonchev–Trinajstić information content (AvgIpc) is 3.06. The van der Waals surface area contributed by atoms with Crippen molar-refractivity contribution >= 4 is 22.9 Å². The molecule has 0 aliphatic carbocycles. The van der Waals surface area contributed by atoms with Gasteiger partial charge in [0.25, 0.3) is 0 Å². The van der Waals surface area contributed by atoms with Gasteiger partial charge in [0.2, 0.25) is 5.91 Å². The van der Waals surface area contributed by atoms with Gasteiger partial charge in [0, 0.05) is 23.8 Å². The lowest BCUT2D eigenvalue weighted by atomic mass is 9.78. The van der Waals surface area contributed by atoms with E-state index in [-0.39, 0.29) is 11.7 Å². The number of hydrogen-bond donors (Lipinski definition) is 1. The smallest absolute Gasteiger partial charge is 0.236 e. The number of nitrogens with one attached hydrogen (secondary N) is 1. The van der Waals surface area contributed by atoms with Crippen LogP contribution in [0.15, 0.2) is 35.7 Å². The second kappa shape index (κ2) is 6.18. The van der Waals surface area contributed by atoms with Crippen molar-refractivity contribution in [3.05, 3.63) is 52.0 Å². The minimum absolute atomic E-state index is 0.0819. The molecule has 0 atom stereocenters. The van der Waals surface area contributed by atoms with Gasteiger partial charge in [-0.1, -0.05) is 12.1 Å². The maximum absolute atomic E-state index is 13.7. The summed E-state index contributed by atoms with van der Waals surface area (Å²) in [5.74, 6) is -0.392. The van der Waals surface area contributed by atoms with Gasteiger partial charge in [-0.3, -0.25) is 4.79 Å². The van der Waals surface area contributed by atoms with Crippen molar-refractivity contribution in [3.8, 4) is 0 Å². The number of benzene rings is 1. The number of amides is 1. The molecule has 1 saturated heterocycles. The van der Waals surface area contributed by atoms with Gasteiger partial charge in [-0.05, 0) is 48.9 Å². The van der Waals surface area contributed by atoms with E-state index in [0.717, 1.165) is 4.88 Å². The molecular weight excluding hydrogens is 301 g/mol. The summed E-state index contributed by atoms with van der Waals surface area (Å²) in [7, 11) is 0. The Morgan fingerprint density at radius 1 is 1.32 bits per heavy atom. The molecule has 5 heteroatoms. The molecule has 2 heterocycles. The first kappa shape index (κ1) is 15.2. The number of anilines is 1. The van der Waals surface area contributed by atoms with E-state index in [4.69, 9.17) is 4.74 Å². The molecule has 1 fully saturated rings. The molecular formula is C17H18FNO2S. The van der Waals surface area contributed by atoms with E-state index in [1.54, 1.807) is 30.4 Å². The summed E-state index contributed by atoms with van der Waals surface area (Å²) >= 11 is 1.58. The van der Waals surface area contributed by atoms with E-state index in [1.807, 2.05) is 17.5 Å². The van der Waals surface area contributed by atoms with Crippen molar-refractivity contribution < 1.29 is 13.9 Å². The third-order valence-electron chi connectivity index (χ3n) is 4.20. The third kappa shape index (κ3) is 2.78. The second-order valence-electron chi connectivity index (χ2n) is 5.59. The van der Waals surface area contributed by atoms with E-state index < -0.39 is 5.41 Å². The van der Waals surface area contributed by atoms with E-state index in [2.05, 4.69) is 5.32 Å². The number of carbonyl (C=O) groups excluding carboxylic acids is 1. The lowest BCUT2D eigenvalue weighted by molar-refractivity contribution is -0.125. The van der Waals surface area contributed by atoms with Crippen LogP contribution in [-0.2, 0) is 14.9 Å². The van der Waals surface area contributed by atoms with Crippen molar-refractivity contribution in [1.29, 1.82) is 0 Å². The van der Waals surface area contributed by atoms with Gasteiger partial charge in [-0.15, -0.1) is 11.3 Å². The number of rotatable bonds is 3. The van der Waals surface area contributed by atoms with Crippen molar-refractivity contribution in [1.82, 2.24) is 0 Å². The first-order chi connectivity index (χ1) is 10.6. The zero-order valence-corrected chi connectivity index (χ0v) is 13.2. The van der Waals surface area contributed by atoms with Crippen LogP contribution in [0, 0.1) is 12.7 Å². The summed E-state index contributed by atoms with van der Waals surface area (Å²) in [5.41, 5.74) is 0.487. The average molecular weight is 319 g/mol. The van der Waals surface area contributed by atoms with Crippen molar-refractivity contribution in [3.63, 3.8) is 0 Å².